The summed E-state index contributed by atoms with van der Waals surface area (Å²) in [6.07, 6.45) is 1.68. The van der Waals surface area contributed by atoms with Crippen molar-refractivity contribution in [1.29, 1.82) is 0 Å². The molecule has 1 N–H and O–H groups in total. The van der Waals surface area contributed by atoms with Gasteiger partial charge in [-0.15, -0.1) is 0 Å². The Bertz CT molecular complexity index is 1790. The molecule has 202 valence electrons. The predicted molar refractivity (Wildman–Crippen MR) is 154 cm³/mol. The van der Waals surface area contributed by atoms with Gasteiger partial charge < -0.3 is 14.8 Å². The Morgan fingerprint density at radius 2 is 1.73 bits per heavy atom. The van der Waals surface area contributed by atoms with Gasteiger partial charge in [0, 0.05) is 18.2 Å². The highest BCUT2D eigenvalue weighted by Crippen LogP contribution is 2.32. The van der Waals surface area contributed by atoms with Gasteiger partial charge >= 0.3 is 5.97 Å². The molecule has 0 radical (unpaired) electrons. The molecule has 8 nitrogen and oxygen atoms in total. The fourth-order valence-corrected chi connectivity index (χ4v) is 5.59. The highest BCUT2D eigenvalue weighted by molar-refractivity contribution is 7.07. The number of rotatable bonds is 7. The zero-order chi connectivity index (χ0) is 28.2. The van der Waals surface area contributed by atoms with Gasteiger partial charge in [0.1, 0.15) is 11.5 Å². The first-order valence-electron chi connectivity index (χ1n) is 12.7. The molecule has 0 spiro atoms. The van der Waals surface area contributed by atoms with Crippen LogP contribution in [0.15, 0.2) is 99.9 Å². The number of esters is 1. The van der Waals surface area contributed by atoms with Crippen molar-refractivity contribution in [2.75, 3.05) is 11.9 Å². The van der Waals surface area contributed by atoms with Crippen molar-refractivity contribution in [2.45, 2.75) is 26.8 Å². The standard InChI is InChI=1S/C31H27N3O5S/c1-4-38-24-16-14-21(15-17-24)28-27(29(36)33-23-11-6-5-7-12-23)19(2)32-31-34(28)30(37)26(40-31)18-22-10-8-9-13-25(22)39-20(3)35/h5-18,28H,4H2,1-3H3,(H,33,36)/b26-18-/t28-/m0/s1. The lowest BCUT2D eigenvalue weighted by Crippen LogP contribution is -2.40. The lowest BCUT2D eigenvalue weighted by atomic mass is 9.95. The van der Waals surface area contributed by atoms with E-state index in [1.165, 1.54) is 18.3 Å². The highest BCUT2D eigenvalue weighted by Gasteiger charge is 2.32. The van der Waals surface area contributed by atoms with E-state index in [1.54, 1.807) is 54.0 Å². The van der Waals surface area contributed by atoms with E-state index >= 15 is 0 Å². The fourth-order valence-electron chi connectivity index (χ4n) is 4.55. The first-order chi connectivity index (χ1) is 19.4. The first-order valence-corrected chi connectivity index (χ1v) is 13.6. The number of fused-ring (bicyclic) bond motifs is 1. The van der Waals surface area contributed by atoms with Crippen LogP contribution in [0.2, 0.25) is 0 Å². The molecule has 1 aliphatic heterocycles. The Hall–Kier alpha value is -4.76. The second-order valence-electron chi connectivity index (χ2n) is 9.04. The van der Waals surface area contributed by atoms with Crippen LogP contribution in [0.4, 0.5) is 5.69 Å². The molecule has 0 unspecified atom stereocenters. The Balaban J connectivity index is 1.66. The van der Waals surface area contributed by atoms with E-state index in [4.69, 9.17) is 9.47 Å². The van der Waals surface area contributed by atoms with Gasteiger partial charge in [0.25, 0.3) is 11.5 Å². The topological polar surface area (TPSA) is 99.0 Å². The summed E-state index contributed by atoms with van der Waals surface area (Å²) >= 11 is 1.21. The number of amides is 1. The van der Waals surface area contributed by atoms with Crippen molar-refractivity contribution < 1.29 is 19.1 Å². The summed E-state index contributed by atoms with van der Waals surface area (Å²) in [5.74, 6) is 0.239. The number of benzene rings is 3. The van der Waals surface area contributed by atoms with Crippen LogP contribution in [-0.2, 0) is 9.59 Å². The minimum absolute atomic E-state index is 0.308. The number of ether oxygens (including phenoxy) is 2. The molecule has 4 aromatic rings. The molecule has 1 aliphatic rings. The molecule has 3 aromatic carbocycles. The van der Waals surface area contributed by atoms with Crippen LogP contribution < -0.4 is 29.7 Å². The van der Waals surface area contributed by atoms with Gasteiger partial charge in [0.15, 0.2) is 4.80 Å². The van der Waals surface area contributed by atoms with Gasteiger partial charge in [-0.05, 0) is 55.8 Å². The van der Waals surface area contributed by atoms with Crippen molar-refractivity contribution in [3.8, 4) is 11.5 Å². The predicted octanol–water partition coefficient (Wildman–Crippen LogP) is 4.20. The third-order valence-corrected chi connectivity index (χ3v) is 7.25. The molecule has 0 fully saturated rings. The van der Waals surface area contributed by atoms with E-state index in [-0.39, 0.29) is 11.5 Å². The maximum absolute atomic E-state index is 13.9. The molecule has 9 heteroatoms. The SMILES string of the molecule is CCOc1ccc([C@H]2C(C(=O)Nc3ccccc3)=C(C)N=c3s/c(=C\c4ccccc4OC(C)=O)c(=O)n32)cc1. The molecule has 1 amide bonds. The second-order valence-corrected chi connectivity index (χ2v) is 10.0. The third kappa shape index (κ3) is 5.50. The minimum Gasteiger partial charge on any atom is -0.494 e. The van der Waals surface area contributed by atoms with Gasteiger partial charge in [-0.1, -0.05) is 59.9 Å². The minimum atomic E-state index is -0.721. The van der Waals surface area contributed by atoms with Crippen LogP contribution in [0.5, 0.6) is 11.5 Å². The summed E-state index contributed by atoms with van der Waals surface area (Å²) in [7, 11) is 0. The van der Waals surface area contributed by atoms with E-state index < -0.39 is 12.0 Å². The lowest BCUT2D eigenvalue weighted by molar-refractivity contribution is -0.131. The number of nitrogens with one attached hydrogen (secondary N) is 1. The monoisotopic (exact) mass is 553 g/mol. The zero-order valence-electron chi connectivity index (χ0n) is 22.2. The largest absolute Gasteiger partial charge is 0.494 e. The van der Waals surface area contributed by atoms with Gasteiger partial charge in [-0.2, -0.15) is 0 Å². The number of allylic oxidation sites excluding steroid dienone is 1. The molecular weight excluding hydrogens is 526 g/mol. The van der Waals surface area contributed by atoms with Gasteiger partial charge in [-0.3, -0.25) is 19.0 Å². The highest BCUT2D eigenvalue weighted by atomic mass is 32.1. The average Bonchev–Trinajstić information content (AvgIpc) is 3.24. The van der Waals surface area contributed by atoms with Crippen LogP contribution in [0.3, 0.4) is 0 Å². The van der Waals surface area contributed by atoms with Crippen LogP contribution in [0, 0.1) is 0 Å². The molecule has 1 atom stereocenters. The van der Waals surface area contributed by atoms with Crippen LogP contribution in [0.25, 0.3) is 6.08 Å². The summed E-state index contributed by atoms with van der Waals surface area (Å²) in [6, 6.07) is 22.8. The number of hydrogen-bond donors (Lipinski definition) is 1. The number of hydrogen-bond acceptors (Lipinski definition) is 7. The number of anilines is 1. The van der Waals surface area contributed by atoms with Crippen molar-refractivity contribution in [1.82, 2.24) is 4.57 Å². The molecule has 1 aromatic heterocycles. The Kier molecular flexibility index (Phi) is 7.75. The maximum Gasteiger partial charge on any atom is 0.308 e. The number of carbonyl (C=O) groups excluding carboxylic acids is 2. The fraction of sp³-hybridized carbons (Fsp3) is 0.161. The summed E-state index contributed by atoms with van der Waals surface area (Å²) in [4.78, 5) is 44.4. The van der Waals surface area contributed by atoms with Gasteiger partial charge in [0.2, 0.25) is 0 Å². The Labute approximate surface area is 234 Å². The van der Waals surface area contributed by atoms with Gasteiger partial charge in [0.05, 0.1) is 28.5 Å². The van der Waals surface area contributed by atoms with Crippen molar-refractivity contribution in [3.05, 3.63) is 121 Å². The smallest absolute Gasteiger partial charge is 0.308 e. The molecule has 0 aliphatic carbocycles. The van der Waals surface area contributed by atoms with E-state index in [0.29, 0.717) is 50.0 Å². The number of aromatic nitrogens is 1. The maximum atomic E-state index is 13.9. The molecule has 2 heterocycles. The Morgan fingerprint density at radius 1 is 1.02 bits per heavy atom. The molecule has 0 saturated carbocycles. The van der Waals surface area contributed by atoms with Crippen LogP contribution in [-0.4, -0.2) is 23.1 Å². The average molecular weight is 554 g/mol. The van der Waals surface area contributed by atoms with E-state index in [1.807, 2.05) is 49.4 Å². The summed E-state index contributed by atoms with van der Waals surface area (Å²) in [5, 5.41) is 2.95. The quantitative estimate of drug-likeness (QED) is 0.273. The van der Waals surface area contributed by atoms with Gasteiger partial charge in [-0.25, -0.2) is 4.99 Å². The van der Waals surface area contributed by atoms with Crippen LogP contribution in [0.1, 0.15) is 37.9 Å². The second kappa shape index (κ2) is 11.5. The lowest BCUT2D eigenvalue weighted by Gasteiger charge is -2.25. The van der Waals surface area contributed by atoms with E-state index in [0.717, 1.165) is 5.56 Å². The first kappa shape index (κ1) is 26.8. The molecule has 0 bridgehead atoms. The van der Waals surface area contributed by atoms with Crippen LogP contribution >= 0.6 is 11.3 Å². The number of carbonyl (C=O) groups is 2. The third-order valence-electron chi connectivity index (χ3n) is 6.26. The number of thiazole rings is 1. The normalized spacial score (nSPS) is 14.8. The molecule has 40 heavy (non-hydrogen) atoms. The summed E-state index contributed by atoms with van der Waals surface area (Å²) in [5.41, 5.74) is 2.53. The molecule has 0 saturated heterocycles. The van der Waals surface area contributed by atoms with Crippen molar-refractivity contribution in [3.63, 3.8) is 0 Å². The Morgan fingerprint density at radius 3 is 2.42 bits per heavy atom. The van der Waals surface area contributed by atoms with Crippen molar-refractivity contribution >= 4 is 35.0 Å². The van der Waals surface area contributed by atoms with E-state index in [9.17, 15) is 14.4 Å². The van der Waals surface area contributed by atoms with Crippen molar-refractivity contribution in [2.24, 2.45) is 4.99 Å². The summed E-state index contributed by atoms with van der Waals surface area (Å²) < 4.78 is 12.9. The number of nitrogens with zero attached hydrogens (tertiary/aromatic N) is 2. The van der Waals surface area contributed by atoms with E-state index in [2.05, 4.69) is 10.3 Å². The summed E-state index contributed by atoms with van der Waals surface area (Å²) in [6.45, 7) is 5.53. The zero-order valence-corrected chi connectivity index (χ0v) is 23.0. The molecular formula is C31H27N3O5S. The number of para-hydroxylation sites is 2. The molecule has 5 rings (SSSR count).